The van der Waals surface area contributed by atoms with Crippen LogP contribution < -0.4 is 10.2 Å². The van der Waals surface area contributed by atoms with Gasteiger partial charge in [-0.15, -0.1) is 11.3 Å². The molecule has 5 nitrogen and oxygen atoms in total. The Morgan fingerprint density at radius 2 is 2.28 bits per heavy atom. The number of carbonyl (C=O) groups is 1. The highest BCUT2D eigenvalue weighted by Crippen LogP contribution is 2.19. The fraction of sp³-hybridized carbons (Fsp3) is 0.667. The fourth-order valence-electron chi connectivity index (χ4n) is 1.92. The zero-order chi connectivity index (χ0) is 13.0. The molecule has 2 rings (SSSR count). The lowest BCUT2D eigenvalue weighted by atomic mass is 10.3. The van der Waals surface area contributed by atoms with Gasteiger partial charge in [-0.3, -0.25) is 4.79 Å². The van der Waals surface area contributed by atoms with E-state index in [9.17, 15) is 4.79 Å². The van der Waals surface area contributed by atoms with Crippen LogP contribution in [0.15, 0.2) is 5.38 Å². The summed E-state index contributed by atoms with van der Waals surface area (Å²) in [7, 11) is 1.93. The molecule has 0 aromatic carbocycles. The van der Waals surface area contributed by atoms with Crippen LogP contribution in [0.1, 0.15) is 12.6 Å². The largest absolute Gasteiger partial charge is 0.342 e. The summed E-state index contributed by atoms with van der Waals surface area (Å²) in [6, 6.07) is 0. The molecule has 2 heterocycles. The van der Waals surface area contributed by atoms with Crippen molar-refractivity contribution in [1.82, 2.24) is 15.2 Å². The van der Waals surface area contributed by atoms with E-state index in [0.29, 0.717) is 6.54 Å². The molecule has 1 aromatic heterocycles. The van der Waals surface area contributed by atoms with E-state index in [4.69, 9.17) is 0 Å². The van der Waals surface area contributed by atoms with Gasteiger partial charge in [-0.05, 0) is 6.42 Å². The Balaban J connectivity index is 1.89. The standard InChI is InChI=1S/C12H20N4OS/c1-3-10-9-18-12(14-10)15(2)8-11(17)16-6-4-13-5-7-16/h9,13H,3-8H2,1-2H3. The molecule has 0 radical (unpaired) electrons. The molecular formula is C12H20N4OS. The van der Waals surface area contributed by atoms with Crippen LogP contribution in [0.4, 0.5) is 5.13 Å². The third-order valence-corrected chi connectivity index (χ3v) is 4.07. The molecule has 1 saturated heterocycles. The summed E-state index contributed by atoms with van der Waals surface area (Å²) in [4.78, 5) is 20.4. The molecule has 18 heavy (non-hydrogen) atoms. The van der Waals surface area contributed by atoms with E-state index >= 15 is 0 Å². The van der Waals surface area contributed by atoms with Crippen molar-refractivity contribution in [1.29, 1.82) is 0 Å². The van der Waals surface area contributed by atoms with Gasteiger partial charge in [0.2, 0.25) is 5.91 Å². The van der Waals surface area contributed by atoms with Crippen molar-refractivity contribution in [3.8, 4) is 0 Å². The second kappa shape index (κ2) is 6.15. The first-order valence-corrected chi connectivity index (χ1v) is 7.22. The number of aryl methyl sites for hydroxylation is 1. The van der Waals surface area contributed by atoms with Crippen molar-refractivity contribution in [2.24, 2.45) is 0 Å². The molecule has 0 aliphatic carbocycles. The molecule has 6 heteroatoms. The van der Waals surface area contributed by atoms with Crippen LogP contribution in [0, 0.1) is 0 Å². The van der Waals surface area contributed by atoms with E-state index in [0.717, 1.165) is 43.4 Å². The molecule has 100 valence electrons. The normalized spacial score (nSPS) is 15.8. The Morgan fingerprint density at radius 3 is 2.89 bits per heavy atom. The van der Waals surface area contributed by atoms with Gasteiger partial charge >= 0.3 is 0 Å². The summed E-state index contributed by atoms with van der Waals surface area (Å²) < 4.78 is 0. The molecule has 1 aliphatic rings. The maximum absolute atomic E-state index is 12.1. The Labute approximate surface area is 112 Å². The minimum Gasteiger partial charge on any atom is -0.342 e. The third kappa shape index (κ3) is 3.20. The van der Waals surface area contributed by atoms with Gasteiger partial charge in [0.15, 0.2) is 5.13 Å². The molecule has 1 amide bonds. The number of nitrogens with one attached hydrogen (secondary N) is 1. The summed E-state index contributed by atoms with van der Waals surface area (Å²) in [6.07, 6.45) is 0.941. The van der Waals surface area contributed by atoms with Crippen molar-refractivity contribution < 1.29 is 4.79 Å². The SMILES string of the molecule is CCc1csc(N(C)CC(=O)N2CCNCC2)n1. The van der Waals surface area contributed by atoms with Gasteiger partial charge in [0.25, 0.3) is 0 Å². The van der Waals surface area contributed by atoms with Crippen LogP contribution in [0.25, 0.3) is 0 Å². The summed E-state index contributed by atoms with van der Waals surface area (Å²) in [6.45, 7) is 5.91. The van der Waals surface area contributed by atoms with E-state index in [1.165, 1.54) is 0 Å². The summed E-state index contributed by atoms with van der Waals surface area (Å²) in [5.41, 5.74) is 1.09. The van der Waals surface area contributed by atoms with E-state index < -0.39 is 0 Å². The van der Waals surface area contributed by atoms with Crippen LogP contribution in [0.5, 0.6) is 0 Å². The molecule has 0 unspecified atom stereocenters. The number of anilines is 1. The number of nitrogens with zero attached hydrogens (tertiary/aromatic N) is 3. The van der Waals surface area contributed by atoms with Gasteiger partial charge in [-0.1, -0.05) is 6.92 Å². The minimum atomic E-state index is 0.187. The molecule has 1 aliphatic heterocycles. The maximum atomic E-state index is 12.1. The Hall–Kier alpha value is -1.14. The molecular weight excluding hydrogens is 248 g/mol. The highest BCUT2D eigenvalue weighted by molar-refractivity contribution is 7.13. The zero-order valence-electron chi connectivity index (χ0n) is 11.0. The van der Waals surface area contributed by atoms with Crippen molar-refractivity contribution in [2.45, 2.75) is 13.3 Å². The molecule has 0 saturated carbocycles. The van der Waals surface area contributed by atoms with Crippen molar-refractivity contribution in [2.75, 3.05) is 44.7 Å². The predicted octanol–water partition coefficient (Wildman–Crippen LogP) is 0.573. The van der Waals surface area contributed by atoms with Crippen LogP contribution in [-0.2, 0) is 11.2 Å². The van der Waals surface area contributed by atoms with Gasteiger partial charge in [0.05, 0.1) is 12.2 Å². The van der Waals surface area contributed by atoms with Crippen molar-refractivity contribution >= 4 is 22.4 Å². The molecule has 1 fully saturated rings. The molecule has 0 atom stereocenters. The van der Waals surface area contributed by atoms with Crippen LogP contribution in [0.2, 0.25) is 0 Å². The number of rotatable bonds is 4. The quantitative estimate of drug-likeness (QED) is 0.867. The molecule has 1 N–H and O–H groups in total. The second-order valence-electron chi connectivity index (χ2n) is 4.46. The van der Waals surface area contributed by atoms with E-state index in [-0.39, 0.29) is 5.91 Å². The molecule has 0 bridgehead atoms. The zero-order valence-corrected chi connectivity index (χ0v) is 11.8. The number of hydrogen-bond acceptors (Lipinski definition) is 5. The third-order valence-electron chi connectivity index (χ3n) is 3.07. The topological polar surface area (TPSA) is 48.5 Å². The highest BCUT2D eigenvalue weighted by Gasteiger charge is 2.18. The Bertz CT molecular complexity index is 401. The summed E-state index contributed by atoms with van der Waals surface area (Å²) in [5.74, 6) is 0.187. The first-order chi connectivity index (χ1) is 8.70. The van der Waals surface area contributed by atoms with Crippen molar-refractivity contribution in [3.63, 3.8) is 0 Å². The lowest BCUT2D eigenvalue weighted by Crippen LogP contribution is -2.49. The number of thiazole rings is 1. The number of hydrogen-bond donors (Lipinski definition) is 1. The van der Waals surface area contributed by atoms with E-state index in [1.54, 1.807) is 11.3 Å². The lowest BCUT2D eigenvalue weighted by molar-refractivity contribution is -0.130. The van der Waals surface area contributed by atoms with Gasteiger partial charge in [-0.25, -0.2) is 4.98 Å². The Kier molecular flexibility index (Phi) is 4.54. The van der Waals surface area contributed by atoms with E-state index in [1.807, 2.05) is 16.8 Å². The number of carbonyl (C=O) groups excluding carboxylic acids is 1. The van der Waals surface area contributed by atoms with Gasteiger partial charge in [0.1, 0.15) is 0 Å². The number of likely N-dealkylation sites (N-methyl/N-ethyl adjacent to an activating group) is 1. The monoisotopic (exact) mass is 268 g/mol. The van der Waals surface area contributed by atoms with Crippen LogP contribution >= 0.6 is 11.3 Å². The fourth-order valence-corrected chi connectivity index (χ4v) is 2.79. The average Bonchev–Trinajstić information content (AvgIpc) is 2.88. The number of aromatic nitrogens is 1. The average molecular weight is 268 g/mol. The van der Waals surface area contributed by atoms with Crippen LogP contribution in [-0.4, -0.2) is 55.6 Å². The first-order valence-electron chi connectivity index (χ1n) is 6.34. The van der Waals surface area contributed by atoms with Gasteiger partial charge in [-0.2, -0.15) is 0 Å². The summed E-state index contributed by atoms with van der Waals surface area (Å²) >= 11 is 1.60. The minimum absolute atomic E-state index is 0.187. The van der Waals surface area contributed by atoms with Crippen LogP contribution in [0.3, 0.4) is 0 Å². The first kappa shape index (κ1) is 13.3. The number of amides is 1. The van der Waals surface area contributed by atoms with Crippen molar-refractivity contribution in [3.05, 3.63) is 11.1 Å². The van der Waals surface area contributed by atoms with E-state index in [2.05, 4.69) is 22.6 Å². The Morgan fingerprint density at radius 1 is 1.56 bits per heavy atom. The van der Waals surface area contributed by atoms with Gasteiger partial charge < -0.3 is 15.1 Å². The predicted molar refractivity (Wildman–Crippen MR) is 74.2 cm³/mol. The molecule has 0 spiro atoms. The smallest absolute Gasteiger partial charge is 0.242 e. The summed E-state index contributed by atoms with van der Waals surface area (Å²) in [5, 5.41) is 6.23. The van der Waals surface area contributed by atoms with Gasteiger partial charge in [0, 0.05) is 38.6 Å². The number of piperazine rings is 1. The maximum Gasteiger partial charge on any atom is 0.242 e. The lowest BCUT2D eigenvalue weighted by Gasteiger charge is -2.29. The second-order valence-corrected chi connectivity index (χ2v) is 5.30. The molecule has 1 aromatic rings. The highest BCUT2D eigenvalue weighted by atomic mass is 32.1.